The molecule has 2 aromatic heterocycles. The van der Waals surface area contributed by atoms with Crippen LogP contribution in [0.25, 0.3) is 11.1 Å². The Morgan fingerprint density at radius 1 is 0.939 bits per heavy atom. The lowest BCUT2D eigenvalue weighted by atomic mass is 9.99. The quantitative estimate of drug-likeness (QED) is 0.596. The Balaban J connectivity index is 1.39. The molecular weight excluding hydrogens is 418 g/mol. The zero-order valence-corrected chi connectivity index (χ0v) is 18.7. The first-order valence-electron chi connectivity index (χ1n) is 10.9. The van der Waals surface area contributed by atoms with Crippen LogP contribution in [0.3, 0.4) is 0 Å². The molecule has 0 spiro atoms. The van der Waals surface area contributed by atoms with Crippen LogP contribution in [0.5, 0.6) is 0 Å². The van der Waals surface area contributed by atoms with Crippen LogP contribution < -0.4 is 10.6 Å². The molecule has 0 bridgehead atoms. The van der Waals surface area contributed by atoms with Gasteiger partial charge in [-0.3, -0.25) is 14.6 Å². The molecule has 4 rings (SSSR count). The van der Waals surface area contributed by atoms with Gasteiger partial charge in [0, 0.05) is 50.6 Å². The molecule has 8 nitrogen and oxygen atoms in total. The number of hydrogen-bond donors (Lipinski definition) is 2. The molecule has 2 N–H and O–H groups in total. The molecule has 1 aromatic carbocycles. The molecule has 0 saturated carbocycles. The highest BCUT2D eigenvalue weighted by atomic mass is 16.5. The molecule has 0 aliphatic carbocycles. The van der Waals surface area contributed by atoms with E-state index in [4.69, 9.17) is 4.74 Å². The molecule has 2 amide bonds. The third-order valence-corrected chi connectivity index (χ3v) is 5.51. The van der Waals surface area contributed by atoms with Crippen LogP contribution in [0.1, 0.15) is 23.2 Å². The number of aromatic nitrogens is 2. The summed E-state index contributed by atoms with van der Waals surface area (Å²) in [6.07, 6.45) is 6.56. The van der Waals surface area contributed by atoms with Gasteiger partial charge in [0.05, 0.1) is 23.8 Å². The minimum absolute atomic E-state index is 0.00183. The van der Waals surface area contributed by atoms with Crippen LogP contribution in [-0.2, 0) is 9.53 Å². The lowest BCUT2D eigenvalue weighted by molar-refractivity contribution is -0.122. The Bertz CT molecular complexity index is 1110. The van der Waals surface area contributed by atoms with Crippen LogP contribution in [0, 0.1) is 5.92 Å². The average Bonchev–Trinajstić information content (AvgIpc) is 2.85. The molecule has 1 aliphatic rings. The molecule has 0 unspecified atom stereocenters. The second-order valence-corrected chi connectivity index (χ2v) is 8.17. The number of ether oxygens (including phenoxy) is 1. The Morgan fingerprint density at radius 3 is 2.30 bits per heavy atom. The van der Waals surface area contributed by atoms with E-state index in [-0.39, 0.29) is 17.7 Å². The lowest BCUT2D eigenvalue weighted by Crippen LogP contribution is -2.28. The van der Waals surface area contributed by atoms with Crippen LogP contribution in [-0.4, -0.2) is 54.0 Å². The van der Waals surface area contributed by atoms with Crippen molar-refractivity contribution in [1.29, 1.82) is 0 Å². The molecule has 0 radical (unpaired) electrons. The van der Waals surface area contributed by atoms with Crippen molar-refractivity contribution in [3.05, 3.63) is 66.6 Å². The van der Waals surface area contributed by atoms with Crippen molar-refractivity contribution >= 4 is 29.0 Å². The molecule has 1 aliphatic heterocycles. The normalized spacial score (nSPS) is 13.9. The SMILES string of the molecule is CN(C)C(=O)c1ccc(-c2ccc(Nc3cncc(NC(=O)C4CCOCC4)c3)nc2)cc1. The van der Waals surface area contributed by atoms with Gasteiger partial charge in [-0.15, -0.1) is 0 Å². The smallest absolute Gasteiger partial charge is 0.253 e. The number of carbonyl (C=O) groups excluding carboxylic acids is 2. The number of pyridine rings is 2. The second-order valence-electron chi connectivity index (χ2n) is 8.17. The number of nitrogens with one attached hydrogen (secondary N) is 2. The van der Waals surface area contributed by atoms with Crippen molar-refractivity contribution in [3.8, 4) is 11.1 Å². The Kier molecular flexibility index (Phi) is 6.95. The lowest BCUT2D eigenvalue weighted by Gasteiger charge is -2.21. The standard InChI is InChI=1S/C25H27N5O3/c1-30(2)25(32)19-5-3-17(4-6-19)20-7-8-23(27-14-20)28-21-13-22(16-26-15-21)29-24(31)18-9-11-33-12-10-18/h3-8,13-16,18H,9-12H2,1-2H3,(H,27,28)(H,29,31). The first-order valence-corrected chi connectivity index (χ1v) is 10.9. The van der Waals surface area contributed by atoms with Crippen LogP contribution in [0.15, 0.2) is 61.1 Å². The zero-order valence-electron chi connectivity index (χ0n) is 18.7. The molecule has 33 heavy (non-hydrogen) atoms. The summed E-state index contributed by atoms with van der Waals surface area (Å²) < 4.78 is 5.32. The van der Waals surface area contributed by atoms with Gasteiger partial charge < -0.3 is 20.3 Å². The van der Waals surface area contributed by atoms with Gasteiger partial charge in [0.1, 0.15) is 5.82 Å². The molecule has 1 saturated heterocycles. The van der Waals surface area contributed by atoms with E-state index in [1.54, 1.807) is 37.6 Å². The number of carbonyl (C=O) groups is 2. The first-order chi connectivity index (χ1) is 16.0. The monoisotopic (exact) mass is 445 g/mol. The van der Waals surface area contributed by atoms with Gasteiger partial charge in [-0.25, -0.2) is 4.98 Å². The fourth-order valence-corrected chi connectivity index (χ4v) is 3.63. The minimum Gasteiger partial charge on any atom is -0.381 e. The van der Waals surface area contributed by atoms with Crippen molar-refractivity contribution in [2.45, 2.75) is 12.8 Å². The van der Waals surface area contributed by atoms with Gasteiger partial charge in [0.25, 0.3) is 5.91 Å². The number of hydrogen-bond acceptors (Lipinski definition) is 6. The summed E-state index contributed by atoms with van der Waals surface area (Å²) in [5.74, 6) is 0.601. The van der Waals surface area contributed by atoms with Crippen molar-refractivity contribution in [2.75, 3.05) is 37.9 Å². The maximum Gasteiger partial charge on any atom is 0.253 e. The van der Waals surface area contributed by atoms with Crippen LogP contribution in [0.2, 0.25) is 0 Å². The van der Waals surface area contributed by atoms with Gasteiger partial charge in [0.15, 0.2) is 0 Å². The molecule has 0 atom stereocenters. The summed E-state index contributed by atoms with van der Waals surface area (Å²) in [6.45, 7) is 1.25. The van der Waals surface area contributed by atoms with E-state index < -0.39 is 0 Å². The predicted octanol–water partition coefficient (Wildman–Crippen LogP) is 3.95. The van der Waals surface area contributed by atoms with Gasteiger partial charge >= 0.3 is 0 Å². The topological polar surface area (TPSA) is 96.5 Å². The third-order valence-electron chi connectivity index (χ3n) is 5.51. The summed E-state index contributed by atoms with van der Waals surface area (Å²) in [5, 5.41) is 6.16. The van der Waals surface area contributed by atoms with Gasteiger partial charge in [-0.2, -0.15) is 0 Å². The van der Waals surface area contributed by atoms with Gasteiger partial charge in [0.2, 0.25) is 5.91 Å². The predicted molar refractivity (Wildman–Crippen MR) is 127 cm³/mol. The number of anilines is 3. The largest absolute Gasteiger partial charge is 0.381 e. The summed E-state index contributed by atoms with van der Waals surface area (Å²) in [5.41, 5.74) is 3.93. The Morgan fingerprint density at radius 2 is 1.64 bits per heavy atom. The first kappa shape index (κ1) is 22.4. The summed E-state index contributed by atoms with van der Waals surface area (Å²) in [4.78, 5) is 34.8. The van der Waals surface area contributed by atoms with Crippen molar-refractivity contribution in [1.82, 2.24) is 14.9 Å². The molecule has 3 aromatic rings. The van der Waals surface area contributed by atoms with E-state index in [0.29, 0.717) is 30.3 Å². The average molecular weight is 446 g/mol. The Labute approximate surface area is 193 Å². The molecule has 3 heterocycles. The molecule has 170 valence electrons. The summed E-state index contributed by atoms with van der Waals surface area (Å²) >= 11 is 0. The number of rotatable bonds is 6. The summed E-state index contributed by atoms with van der Waals surface area (Å²) in [6, 6.07) is 13.1. The van der Waals surface area contributed by atoms with Crippen LogP contribution in [0.4, 0.5) is 17.2 Å². The van der Waals surface area contributed by atoms with Gasteiger partial charge in [-0.05, 0) is 48.7 Å². The molecule has 1 fully saturated rings. The summed E-state index contributed by atoms with van der Waals surface area (Å²) in [7, 11) is 3.47. The van der Waals surface area contributed by atoms with E-state index in [2.05, 4.69) is 20.6 Å². The maximum absolute atomic E-state index is 12.5. The number of benzene rings is 1. The van der Waals surface area contributed by atoms with Crippen LogP contribution >= 0.6 is 0 Å². The minimum atomic E-state index is -0.0287. The number of nitrogens with zero attached hydrogens (tertiary/aromatic N) is 3. The Hall–Kier alpha value is -3.78. The maximum atomic E-state index is 12.5. The van der Waals surface area contributed by atoms with E-state index >= 15 is 0 Å². The molecular formula is C25H27N5O3. The highest BCUT2D eigenvalue weighted by molar-refractivity contribution is 5.94. The van der Waals surface area contributed by atoms with Crippen molar-refractivity contribution < 1.29 is 14.3 Å². The van der Waals surface area contributed by atoms with E-state index in [0.717, 1.165) is 29.7 Å². The van der Waals surface area contributed by atoms with Crippen molar-refractivity contribution in [3.63, 3.8) is 0 Å². The molecule has 8 heteroatoms. The highest BCUT2D eigenvalue weighted by Crippen LogP contribution is 2.23. The fraction of sp³-hybridized carbons (Fsp3) is 0.280. The van der Waals surface area contributed by atoms with E-state index in [1.165, 1.54) is 0 Å². The zero-order chi connectivity index (χ0) is 23.2. The van der Waals surface area contributed by atoms with E-state index in [1.807, 2.05) is 42.5 Å². The number of amides is 2. The van der Waals surface area contributed by atoms with Gasteiger partial charge in [-0.1, -0.05) is 12.1 Å². The second kappa shape index (κ2) is 10.2. The third kappa shape index (κ3) is 5.72. The van der Waals surface area contributed by atoms with E-state index in [9.17, 15) is 9.59 Å². The highest BCUT2D eigenvalue weighted by Gasteiger charge is 2.21. The fourth-order valence-electron chi connectivity index (χ4n) is 3.63. The van der Waals surface area contributed by atoms with Crippen molar-refractivity contribution in [2.24, 2.45) is 5.92 Å².